The summed E-state index contributed by atoms with van der Waals surface area (Å²) in [5.41, 5.74) is -0.427. The van der Waals surface area contributed by atoms with Crippen LogP contribution in [0.3, 0.4) is 0 Å². The predicted octanol–water partition coefficient (Wildman–Crippen LogP) is 0.655. The lowest BCUT2D eigenvalue weighted by Gasteiger charge is -2.12. The van der Waals surface area contributed by atoms with Gasteiger partial charge in [0.05, 0.1) is 4.92 Å². The maximum atomic E-state index is 12.0. The van der Waals surface area contributed by atoms with Crippen molar-refractivity contribution in [3.05, 3.63) is 33.9 Å². The number of nitrogens with one attached hydrogen (secondary N) is 1. The molecule has 0 aliphatic rings. The van der Waals surface area contributed by atoms with Crippen molar-refractivity contribution in [3.8, 4) is 0 Å². The van der Waals surface area contributed by atoms with Crippen molar-refractivity contribution in [1.29, 1.82) is 0 Å². The van der Waals surface area contributed by atoms with Crippen molar-refractivity contribution in [2.75, 3.05) is 0 Å². The van der Waals surface area contributed by atoms with Crippen LogP contribution in [0, 0.1) is 17.0 Å². The van der Waals surface area contributed by atoms with Gasteiger partial charge in [-0.3, -0.25) is 14.9 Å². The molecule has 9 heteroatoms. The summed E-state index contributed by atoms with van der Waals surface area (Å²) in [5, 5.41) is 19.5. The third kappa shape index (κ3) is 3.26. The Kier molecular flexibility index (Phi) is 4.22. The fraction of sp³-hybridized carbons (Fsp3) is 0.300. The third-order valence-corrected chi connectivity index (χ3v) is 4.09. The van der Waals surface area contributed by atoms with Crippen molar-refractivity contribution in [1.82, 2.24) is 4.72 Å². The van der Waals surface area contributed by atoms with Crippen molar-refractivity contribution < 1.29 is 23.2 Å². The van der Waals surface area contributed by atoms with Crippen molar-refractivity contribution in [3.63, 3.8) is 0 Å². The molecular formula is C10H12N2O6S. The van der Waals surface area contributed by atoms with Crippen LogP contribution in [0.5, 0.6) is 0 Å². The van der Waals surface area contributed by atoms with E-state index in [-0.39, 0.29) is 5.56 Å². The third-order valence-electron chi connectivity index (χ3n) is 2.36. The molecule has 1 rings (SSSR count). The maximum absolute atomic E-state index is 12.0. The number of hydrogen-bond acceptors (Lipinski definition) is 5. The highest BCUT2D eigenvalue weighted by atomic mass is 32.2. The molecule has 0 saturated carbocycles. The van der Waals surface area contributed by atoms with Crippen LogP contribution in [0.25, 0.3) is 0 Å². The molecule has 0 fully saturated rings. The summed E-state index contributed by atoms with van der Waals surface area (Å²) < 4.78 is 25.9. The van der Waals surface area contributed by atoms with Gasteiger partial charge in [0.25, 0.3) is 5.69 Å². The zero-order chi connectivity index (χ0) is 14.8. The molecule has 0 amide bonds. The molecule has 0 unspecified atom stereocenters. The Bertz CT molecular complexity index is 625. The quantitative estimate of drug-likeness (QED) is 0.605. The second-order valence-corrected chi connectivity index (χ2v) is 5.51. The lowest BCUT2D eigenvalue weighted by molar-refractivity contribution is -0.387. The van der Waals surface area contributed by atoms with E-state index in [1.165, 1.54) is 19.1 Å². The second kappa shape index (κ2) is 5.33. The van der Waals surface area contributed by atoms with Gasteiger partial charge in [0.15, 0.2) is 4.90 Å². The Morgan fingerprint density at radius 1 is 1.47 bits per heavy atom. The minimum atomic E-state index is -4.28. The number of aliphatic carboxylic acids is 1. The molecule has 0 radical (unpaired) electrons. The number of nitrogens with zero attached hydrogens (tertiary/aromatic N) is 1. The highest BCUT2D eigenvalue weighted by Gasteiger charge is 2.30. The molecule has 0 bridgehead atoms. The summed E-state index contributed by atoms with van der Waals surface area (Å²) in [4.78, 5) is 20.1. The molecule has 8 nitrogen and oxygen atoms in total. The van der Waals surface area contributed by atoms with Gasteiger partial charge >= 0.3 is 5.97 Å². The Hall–Kier alpha value is -2.00. The molecule has 0 aliphatic carbocycles. The number of carboxylic acid groups (broad SMARTS) is 1. The van der Waals surface area contributed by atoms with E-state index in [2.05, 4.69) is 0 Å². The van der Waals surface area contributed by atoms with Gasteiger partial charge < -0.3 is 5.11 Å². The van der Waals surface area contributed by atoms with Crippen LogP contribution in [0.2, 0.25) is 0 Å². The first-order chi connectivity index (χ1) is 8.66. The van der Waals surface area contributed by atoms with Gasteiger partial charge in [-0.15, -0.1) is 0 Å². The summed E-state index contributed by atoms with van der Waals surface area (Å²) >= 11 is 0. The van der Waals surface area contributed by atoms with E-state index in [0.717, 1.165) is 13.0 Å². The molecule has 104 valence electrons. The molecule has 0 heterocycles. The minimum Gasteiger partial charge on any atom is -0.480 e. The first kappa shape index (κ1) is 15.1. The Labute approximate surface area is 109 Å². The van der Waals surface area contributed by atoms with E-state index in [4.69, 9.17) is 5.11 Å². The van der Waals surface area contributed by atoms with Crippen LogP contribution in [-0.4, -0.2) is 30.5 Å². The number of carboxylic acids is 1. The van der Waals surface area contributed by atoms with E-state index in [1.54, 1.807) is 0 Å². The van der Waals surface area contributed by atoms with E-state index in [0.29, 0.717) is 0 Å². The maximum Gasteiger partial charge on any atom is 0.321 e. The van der Waals surface area contributed by atoms with Crippen molar-refractivity contribution in [2.45, 2.75) is 24.8 Å². The first-order valence-corrected chi connectivity index (χ1v) is 6.64. The van der Waals surface area contributed by atoms with Crippen LogP contribution in [0.1, 0.15) is 12.5 Å². The highest BCUT2D eigenvalue weighted by molar-refractivity contribution is 7.89. The summed E-state index contributed by atoms with van der Waals surface area (Å²) in [6.45, 7) is 2.52. The van der Waals surface area contributed by atoms with Gasteiger partial charge in [-0.25, -0.2) is 8.42 Å². The Morgan fingerprint density at radius 2 is 2.05 bits per heavy atom. The molecule has 19 heavy (non-hydrogen) atoms. The molecule has 1 aromatic rings. The van der Waals surface area contributed by atoms with Crippen LogP contribution < -0.4 is 4.72 Å². The lowest BCUT2D eigenvalue weighted by atomic mass is 10.2. The largest absolute Gasteiger partial charge is 0.480 e. The highest BCUT2D eigenvalue weighted by Crippen LogP contribution is 2.26. The van der Waals surface area contributed by atoms with E-state index < -0.39 is 37.5 Å². The van der Waals surface area contributed by atoms with Crippen molar-refractivity contribution in [2.24, 2.45) is 0 Å². The van der Waals surface area contributed by atoms with Crippen LogP contribution in [0.4, 0.5) is 5.69 Å². The van der Waals surface area contributed by atoms with Crippen LogP contribution >= 0.6 is 0 Å². The summed E-state index contributed by atoms with van der Waals surface area (Å²) in [7, 11) is -4.28. The van der Waals surface area contributed by atoms with Gasteiger partial charge in [-0.1, -0.05) is 12.1 Å². The van der Waals surface area contributed by atoms with E-state index in [1.807, 2.05) is 4.72 Å². The fourth-order valence-corrected chi connectivity index (χ4v) is 3.07. The standard InChI is InChI=1S/C10H12N2O6S/c1-6-4-3-5-8(12(15)16)9(6)19(17,18)11-7(2)10(13)14/h3-5,7,11H,1-2H3,(H,13,14)/t7-/m1/s1. The van der Waals surface area contributed by atoms with Gasteiger partial charge in [0.2, 0.25) is 10.0 Å². The molecule has 1 aromatic carbocycles. The zero-order valence-corrected chi connectivity index (χ0v) is 11.0. The van der Waals surface area contributed by atoms with Gasteiger partial charge in [-0.05, 0) is 19.4 Å². The van der Waals surface area contributed by atoms with E-state index in [9.17, 15) is 23.3 Å². The van der Waals surface area contributed by atoms with Crippen molar-refractivity contribution >= 4 is 21.7 Å². The number of benzene rings is 1. The summed E-state index contributed by atoms with van der Waals surface area (Å²) in [6, 6.07) is 2.41. The zero-order valence-electron chi connectivity index (χ0n) is 10.2. The van der Waals surface area contributed by atoms with E-state index >= 15 is 0 Å². The van der Waals surface area contributed by atoms with Crippen LogP contribution in [-0.2, 0) is 14.8 Å². The minimum absolute atomic E-state index is 0.166. The average Bonchev–Trinajstić information content (AvgIpc) is 2.27. The number of hydrogen-bond donors (Lipinski definition) is 2. The molecule has 1 atom stereocenters. The average molecular weight is 288 g/mol. The topological polar surface area (TPSA) is 127 Å². The number of rotatable bonds is 5. The summed E-state index contributed by atoms with van der Waals surface area (Å²) in [6.07, 6.45) is 0. The number of carbonyl (C=O) groups is 1. The Morgan fingerprint density at radius 3 is 2.53 bits per heavy atom. The van der Waals surface area contributed by atoms with Crippen LogP contribution in [0.15, 0.2) is 23.1 Å². The normalized spacial score (nSPS) is 12.9. The number of aryl methyl sites for hydroxylation is 1. The molecule has 2 N–H and O–H groups in total. The second-order valence-electron chi connectivity index (χ2n) is 3.86. The summed E-state index contributed by atoms with van der Waals surface area (Å²) in [5.74, 6) is -1.38. The number of sulfonamides is 1. The predicted molar refractivity (Wildman–Crippen MR) is 65.3 cm³/mol. The SMILES string of the molecule is Cc1cccc([N+](=O)[O-])c1S(=O)(=O)N[C@H](C)C(=O)O. The van der Waals surface area contributed by atoms with Gasteiger partial charge in [-0.2, -0.15) is 4.72 Å². The molecule has 0 aliphatic heterocycles. The molecule has 0 aromatic heterocycles. The number of nitro groups is 1. The Balaban J connectivity index is 3.36. The molecule has 0 saturated heterocycles. The molecule has 0 spiro atoms. The molecular weight excluding hydrogens is 276 g/mol. The monoisotopic (exact) mass is 288 g/mol. The first-order valence-electron chi connectivity index (χ1n) is 5.16. The number of nitro benzene ring substituents is 1. The lowest BCUT2D eigenvalue weighted by Crippen LogP contribution is -2.38. The fourth-order valence-electron chi connectivity index (χ4n) is 1.47. The smallest absolute Gasteiger partial charge is 0.321 e. The van der Waals surface area contributed by atoms with Gasteiger partial charge in [0, 0.05) is 6.07 Å². The van der Waals surface area contributed by atoms with Gasteiger partial charge in [0.1, 0.15) is 6.04 Å².